The number of anilines is 1. The smallest absolute Gasteiger partial charge is 0.341 e. The molecule has 2 amide bonds. The summed E-state index contributed by atoms with van der Waals surface area (Å²) in [5.41, 5.74) is 0.839. The predicted molar refractivity (Wildman–Crippen MR) is 99.1 cm³/mol. The van der Waals surface area contributed by atoms with E-state index in [1.54, 1.807) is 24.4 Å². The van der Waals surface area contributed by atoms with Gasteiger partial charge in [0.2, 0.25) is 5.91 Å². The van der Waals surface area contributed by atoms with E-state index in [1.807, 2.05) is 0 Å². The maximum atomic E-state index is 12.1. The van der Waals surface area contributed by atoms with Gasteiger partial charge in [-0.05, 0) is 25.1 Å². The lowest BCUT2D eigenvalue weighted by atomic mass is 10.2. The number of carbonyl (C=O) groups excluding carboxylic acids is 3. The quantitative estimate of drug-likeness (QED) is 0.581. The molecular weight excluding hydrogens is 386 g/mol. The van der Waals surface area contributed by atoms with Gasteiger partial charge in [-0.15, -0.1) is 11.3 Å². The lowest BCUT2D eigenvalue weighted by molar-refractivity contribution is -0.120. The molecule has 3 aromatic heterocycles. The summed E-state index contributed by atoms with van der Waals surface area (Å²) >= 11 is 1.21. The Kier molecular flexibility index (Phi) is 5.90. The second-order valence-electron chi connectivity index (χ2n) is 5.70. The minimum Gasteiger partial charge on any atom is -0.465 e. The van der Waals surface area contributed by atoms with Crippen LogP contribution in [0.25, 0.3) is 0 Å². The van der Waals surface area contributed by atoms with Gasteiger partial charge < -0.3 is 18.9 Å². The summed E-state index contributed by atoms with van der Waals surface area (Å²) in [6, 6.07) is 4.69. The Morgan fingerprint density at radius 1 is 1.32 bits per heavy atom. The van der Waals surface area contributed by atoms with Crippen molar-refractivity contribution in [3.05, 3.63) is 58.4 Å². The zero-order valence-corrected chi connectivity index (χ0v) is 15.9. The number of aryl methyl sites for hydroxylation is 1. The average molecular weight is 403 g/mol. The van der Waals surface area contributed by atoms with Crippen LogP contribution in [0.1, 0.15) is 38.1 Å². The number of aromatic nitrogens is 1. The highest BCUT2D eigenvalue weighted by molar-refractivity contribution is 7.14. The van der Waals surface area contributed by atoms with Gasteiger partial charge in [0.15, 0.2) is 10.9 Å². The van der Waals surface area contributed by atoms with Crippen molar-refractivity contribution in [2.45, 2.75) is 19.9 Å². The van der Waals surface area contributed by atoms with Crippen molar-refractivity contribution < 1.29 is 28.0 Å². The minimum atomic E-state index is -0.495. The second-order valence-corrected chi connectivity index (χ2v) is 6.56. The molecule has 0 aromatic carbocycles. The summed E-state index contributed by atoms with van der Waals surface area (Å²) in [6.45, 7) is 1.77. The highest BCUT2D eigenvalue weighted by Gasteiger charge is 2.16. The highest BCUT2D eigenvalue weighted by Crippen LogP contribution is 2.18. The molecule has 0 unspecified atom stereocenters. The van der Waals surface area contributed by atoms with Crippen LogP contribution in [0, 0.1) is 6.92 Å². The SMILES string of the molecule is COC(=O)c1cc(CNC(=O)Cc2csc(NC(=O)c3ccco3)n2)oc1C. The molecule has 0 atom stereocenters. The van der Waals surface area contributed by atoms with E-state index >= 15 is 0 Å². The summed E-state index contributed by atoms with van der Waals surface area (Å²) in [4.78, 5) is 39.8. The van der Waals surface area contributed by atoms with Crippen molar-refractivity contribution in [3.8, 4) is 0 Å². The number of carbonyl (C=O) groups is 3. The molecule has 0 fully saturated rings. The van der Waals surface area contributed by atoms with Gasteiger partial charge in [0, 0.05) is 5.38 Å². The number of hydrogen-bond acceptors (Lipinski definition) is 8. The van der Waals surface area contributed by atoms with Crippen LogP contribution in [0.4, 0.5) is 5.13 Å². The van der Waals surface area contributed by atoms with Crippen molar-refractivity contribution in [2.24, 2.45) is 0 Å². The normalized spacial score (nSPS) is 10.5. The van der Waals surface area contributed by atoms with Crippen LogP contribution in [0.3, 0.4) is 0 Å². The molecule has 0 saturated carbocycles. The fourth-order valence-electron chi connectivity index (χ4n) is 2.37. The number of hydrogen-bond donors (Lipinski definition) is 2. The van der Waals surface area contributed by atoms with E-state index in [-0.39, 0.29) is 24.6 Å². The number of amides is 2. The number of methoxy groups -OCH3 is 1. The maximum Gasteiger partial charge on any atom is 0.341 e. The van der Waals surface area contributed by atoms with Crippen molar-refractivity contribution in [2.75, 3.05) is 12.4 Å². The first kappa shape index (κ1) is 19.4. The van der Waals surface area contributed by atoms with E-state index in [2.05, 4.69) is 20.4 Å². The molecular formula is C18H17N3O6S. The van der Waals surface area contributed by atoms with Crippen LogP contribution in [0.15, 0.2) is 38.7 Å². The van der Waals surface area contributed by atoms with Crippen LogP contribution < -0.4 is 10.6 Å². The van der Waals surface area contributed by atoms with E-state index in [0.29, 0.717) is 27.9 Å². The number of esters is 1. The molecule has 2 N–H and O–H groups in total. The monoisotopic (exact) mass is 403 g/mol. The topological polar surface area (TPSA) is 124 Å². The molecule has 146 valence electrons. The number of nitrogens with zero attached hydrogens (tertiary/aromatic N) is 1. The zero-order chi connectivity index (χ0) is 20.1. The van der Waals surface area contributed by atoms with Crippen LogP contribution in [-0.2, 0) is 22.5 Å². The number of rotatable bonds is 7. The molecule has 0 saturated heterocycles. The number of ether oxygens (including phenoxy) is 1. The third-order valence-electron chi connectivity index (χ3n) is 3.69. The number of furan rings is 2. The Balaban J connectivity index is 1.51. The van der Waals surface area contributed by atoms with Gasteiger partial charge in [0.05, 0.1) is 32.0 Å². The van der Waals surface area contributed by atoms with Gasteiger partial charge in [0.25, 0.3) is 5.91 Å². The first-order chi connectivity index (χ1) is 13.5. The molecule has 0 aliphatic carbocycles. The predicted octanol–water partition coefficient (Wildman–Crippen LogP) is 2.54. The van der Waals surface area contributed by atoms with Gasteiger partial charge in [-0.2, -0.15) is 0 Å². The first-order valence-electron chi connectivity index (χ1n) is 8.20. The van der Waals surface area contributed by atoms with Crippen LogP contribution in [-0.4, -0.2) is 29.9 Å². The Hall–Kier alpha value is -3.40. The van der Waals surface area contributed by atoms with Gasteiger partial charge in [0.1, 0.15) is 17.1 Å². The fraction of sp³-hybridized carbons (Fsp3) is 0.222. The summed E-state index contributed by atoms with van der Waals surface area (Å²) in [6.07, 6.45) is 1.44. The van der Waals surface area contributed by atoms with Gasteiger partial charge in [-0.3, -0.25) is 14.9 Å². The Labute approximate surface area is 163 Å². The molecule has 3 rings (SSSR count). The fourth-order valence-corrected chi connectivity index (χ4v) is 3.07. The zero-order valence-electron chi connectivity index (χ0n) is 15.1. The van der Waals surface area contributed by atoms with E-state index in [0.717, 1.165) is 0 Å². The van der Waals surface area contributed by atoms with Crippen molar-refractivity contribution in [3.63, 3.8) is 0 Å². The number of nitrogens with one attached hydrogen (secondary N) is 2. The molecule has 0 spiro atoms. The summed E-state index contributed by atoms with van der Waals surface area (Å²) in [5, 5.41) is 7.35. The standard InChI is InChI=1S/C18H17N3O6S/c1-10-13(17(24)25-2)7-12(27-10)8-19-15(22)6-11-9-28-18(20-11)21-16(23)14-4-3-5-26-14/h3-5,7,9H,6,8H2,1-2H3,(H,19,22)(H,20,21,23). The molecule has 0 bridgehead atoms. The Morgan fingerprint density at radius 3 is 2.86 bits per heavy atom. The van der Waals surface area contributed by atoms with E-state index in [1.165, 1.54) is 30.8 Å². The van der Waals surface area contributed by atoms with Gasteiger partial charge in [-0.25, -0.2) is 9.78 Å². The Bertz CT molecular complexity index is 989. The molecule has 9 nitrogen and oxygen atoms in total. The molecule has 0 aliphatic rings. The molecule has 3 aromatic rings. The summed E-state index contributed by atoms with van der Waals surface area (Å²) < 4.78 is 15.1. The van der Waals surface area contributed by atoms with E-state index < -0.39 is 11.9 Å². The van der Waals surface area contributed by atoms with Crippen LogP contribution in [0.2, 0.25) is 0 Å². The van der Waals surface area contributed by atoms with Gasteiger partial charge in [-0.1, -0.05) is 0 Å². The lowest BCUT2D eigenvalue weighted by Crippen LogP contribution is -2.24. The first-order valence-corrected chi connectivity index (χ1v) is 9.08. The maximum absolute atomic E-state index is 12.1. The van der Waals surface area contributed by atoms with Crippen molar-refractivity contribution in [1.29, 1.82) is 0 Å². The van der Waals surface area contributed by atoms with Crippen LogP contribution >= 0.6 is 11.3 Å². The summed E-state index contributed by atoms with van der Waals surface area (Å²) in [7, 11) is 1.29. The third-order valence-corrected chi connectivity index (χ3v) is 4.50. The molecule has 10 heteroatoms. The Morgan fingerprint density at radius 2 is 2.14 bits per heavy atom. The number of thiazole rings is 1. The van der Waals surface area contributed by atoms with Crippen LogP contribution in [0.5, 0.6) is 0 Å². The third kappa shape index (κ3) is 4.65. The molecule has 0 aliphatic heterocycles. The van der Waals surface area contributed by atoms with E-state index in [9.17, 15) is 14.4 Å². The minimum absolute atomic E-state index is 0.0384. The average Bonchev–Trinajstić information content (AvgIpc) is 3.41. The highest BCUT2D eigenvalue weighted by atomic mass is 32.1. The lowest BCUT2D eigenvalue weighted by Gasteiger charge is -2.01. The second kappa shape index (κ2) is 8.53. The summed E-state index contributed by atoms with van der Waals surface area (Å²) in [5.74, 6) is -0.142. The van der Waals surface area contributed by atoms with Crippen molar-refractivity contribution >= 4 is 34.3 Å². The molecule has 3 heterocycles. The largest absolute Gasteiger partial charge is 0.465 e. The van der Waals surface area contributed by atoms with Gasteiger partial charge >= 0.3 is 5.97 Å². The van der Waals surface area contributed by atoms with Crippen molar-refractivity contribution in [1.82, 2.24) is 10.3 Å². The van der Waals surface area contributed by atoms with E-state index in [4.69, 9.17) is 8.83 Å². The molecule has 0 radical (unpaired) electrons. The molecule has 28 heavy (non-hydrogen) atoms.